The highest BCUT2D eigenvalue weighted by molar-refractivity contribution is 6.30. The standard InChI is InChI=1S/C27H22ClF3N6O/c1-16(2)18-6-8-19(9-7-18)21-13-23(27(29,30)31)37-25(32-21)14-22(34-37)26(38)33-24-10-11-36(35-24)15-17-4-3-5-20(28)12-17/h3-14,16H,15H2,1-2H3,(H,33,35,38). The van der Waals surface area contributed by atoms with Crippen molar-refractivity contribution in [2.24, 2.45) is 0 Å². The van der Waals surface area contributed by atoms with Crippen molar-refractivity contribution in [1.82, 2.24) is 24.4 Å². The van der Waals surface area contributed by atoms with Crippen molar-refractivity contribution in [2.75, 3.05) is 5.32 Å². The lowest BCUT2D eigenvalue weighted by Gasteiger charge is -2.11. The van der Waals surface area contributed by atoms with Crippen molar-refractivity contribution >= 4 is 29.0 Å². The molecule has 7 nitrogen and oxygen atoms in total. The van der Waals surface area contributed by atoms with Crippen LogP contribution in [0.3, 0.4) is 0 Å². The van der Waals surface area contributed by atoms with Gasteiger partial charge in [-0.1, -0.05) is 61.8 Å². The minimum absolute atomic E-state index is 0.0978. The van der Waals surface area contributed by atoms with Crippen LogP contribution in [-0.4, -0.2) is 30.3 Å². The topological polar surface area (TPSA) is 77.1 Å². The highest BCUT2D eigenvalue weighted by atomic mass is 35.5. The van der Waals surface area contributed by atoms with Crippen LogP contribution in [0.15, 0.2) is 72.9 Å². The van der Waals surface area contributed by atoms with Gasteiger partial charge in [0.2, 0.25) is 0 Å². The van der Waals surface area contributed by atoms with Crippen LogP contribution in [0.1, 0.15) is 47.1 Å². The molecule has 0 fully saturated rings. The fourth-order valence-corrected chi connectivity index (χ4v) is 4.21. The van der Waals surface area contributed by atoms with Crippen LogP contribution in [0, 0.1) is 0 Å². The summed E-state index contributed by atoms with van der Waals surface area (Å²) in [6.07, 6.45) is -3.05. The number of benzene rings is 2. The summed E-state index contributed by atoms with van der Waals surface area (Å²) >= 11 is 6.02. The van der Waals surface area contributed by atoms with Gasteiger partial charge >= 0.3 is 6.18 Å². The average Bonchev–Trinajstić information content (AvgIpc) is 3.49. The number of hydrogen-bond acceptors (Lipinski definition) is 4. The molecular weight excluding hydrogens is 517 g/mol. The summed E-state index contributed by atoms with van der Waals surface area (Å²) < 4.78 is 44.1. The summed E-state index contributed by atoms with van der Waals surface area (Å²) in [5.74, 6) is -0.201. The van der Waals surface area contributed by atoms with Gasteiger partial charge in [0.05, 0.1) is 12.2 Å². The number of anilines is 1. The number of rotatable bonds is 6. The van der Waals surface area contributed by atoms with Crippen LogP contribution in [-0.2, 0) is 12.7 Å². The maximum absolute atomic E-state index is 13.9. The van der Waals surface area contributed by atoms with E-state index in [0.29, 0.717) is 21.6 Å². The van der Waals surface area contributed by atoms with E-state index in [4.69, 9.17) is 11.6 Å². The third-order valence-corrected chi connectivity index (χ3v) is 6.17. The number of amides is 1. The second-order valence-electron chi connectivity index (χ2n) is 9.08. The highest BCUT2D eigenvalue weighted by Crippen LogP contribution is 2.32. The minimum atomic E-state index is -4.72. The van der Waals surface area contributed by atoms with Gasteiger partial charge in [-0.15, -0.1) is 0 Å². The van der Waals surface area contributed by atoms with Crippen LogP contribution >= 0.6 is 11.6 Å². The van der Waals surface area contributed by atoms with E-state index in [2.05, 4.69) is 20.5 Å². The Balaban J connectivity index is 1.42. The lowest BCUT2D eigenvalue weighted by Crippen LogP contribution is -2.16. The Morgan fingerprint density at radius 1 is 1.03 bits per heavy atom. The summed E-state index contributed by atoms with van der Waals surface area (Å²) in [5, 5.41) is 11.4. The zero-order chi connectivity index (χ0) is 27.0. The predicted molar refractivity (Wildman–Crippen MR) is 138 cm³/mol. The van der Waals surface area contributed by atoms with Crippen molar-refractivity contribution in [2.45, 2.75) is 32.5 Å². The summed E-state index contributed by atoms with van der Waals surface area (Å²) in [4.78, 5) is 17.2. The lowest BCUT2D eigenvalue weighted by atomic mass is 10.0. The van der Waals surface area contributed by atoms with Gasteiger partial charge in [-0.05, 0) is 35.2 Å². The number of carbonyl (C=O) groups is 1. The fourth-order valence-electron chi connectivity index (χ4n) is 3.99. The molecule has 0 saturated heterocycles. The van der Waals surface area contributed by atoms with Gasteiger partial charge in [0, 0.05) is 28.9 Å². The number of aromatic nitrogens is 5. The molecule has 2 aromatic carbocycles. The van der Waals surface area contributed by atoms with Gasteiger partial charge in [-0.25, -0.2) is 9.50 Å². The van der Waals surface area contributed by atoms with Crippen molar-refractivity contribution in [3.05, 3.63) is 100 Å². The molecule has 0 saturated carbocycles. The molecule has 5 rings (SSSR count). The number of nitrogens with one attached hydrogen (secondary N) is 1. The Morgan fingerprint density at radius 3 is 2.47 bits per heavy atom. The highest BCUT2D eigenvalue weighted by Gasteiger charge is 2.35. The first-order valence-electron chi connectivity index (χ1n) is 11.7. The molecule has 5 aromatic rings. The zero-order valence-corrected chi connectivity index (χ0v) is 21.1. The molecule has 0 aliphatic rings. The Hall–Kier alpha value is -4.18. The molecule has 0 unspecified atom stereocenters. The number of hydrogen-bond donors (Lipinski definition) is 1. The number of carbonyl (C=O) groups excluding carboxylic acids is 1. The smallest absolute Gasteiger partial charge is 0.304 e. The number of halogens is 4. The number of nitrogens with zero attached hydrogens (tertiary/aromatic N) is 5. The molecular formula is C27H22ClF3N6O. The average molecular weight is 539 g/mol. The molecule has 0 spiro atoms. The van der Waals surface area contributed by atoms with Crippen LogP contribution in [0.5, 0.6) is 0 Å². The molecule has 38 heavy (non-hydrogen) atoms. The van der Waals surface area contributed by atoms with Crippen LogP contribution < -0.4 is 5.32 Å². The molecule has 11 heteroatoms. The van der Waals surface area contributed by atoms with Gasteiger partial charge in [-0.2, -0.15) is 23.4 Å². The van der Waals surface area contributed by atoms with E-state index in [0.717, 1.165) is 17.2 Å². The molecule has 1 N–H and O–H groups in total. The first kappa shape index (κ1) is 25.5. The lowest BCUT2D eigenvalue weighted by molar-refractivity contribution is -0.142. The molecule has 3 heterocycles. The van der Waals surface area contributed by atoms with Gasteiger partial charge in [-0.3, -0.25) is 9.48 Å². The number of fused-ring (bicyclic) bond motifs is 1. The van der Waals surface area contributed by atoms with Crippen molar-refractivity contribution in [3.63, 3.8) is 0 Å². The van der Waals surface area contributed by atoms with Crippen LogP contribution in [0.2, 0.25) is 5.02 Å². The largest absolute Gasteiger partial charge is 0.433 e. The molecule has 0 aliphatic carbocycles. The third-order valence-electron chi connectivity index (χ3n) is 5.94. The van der Waals surface area contributed by atoms with Crippen LogP contribution in [0.4, 0.5) is 19.0 Å². The Bertz CT molecular complexity index is 1620. The Morgan fingerprint density at radius 2 is 1.79 bits per heavy atom. The predicted octanol–water partition coefficient (Wildman–Crippen LogP) is 6.69. The zero-order valence-electron chi connectivity index (χ0n) is 20.4. The van der Waals surface area contributed by atoms with Gasteiger partial charge < -0.3 is 5.32 Å². The third kappa shape index (κ3) is 5.40. The molecule has 194 valence electrons. The quantitative estimate of drug-likeness (QED) is 0.261. The first-order valence-corrected chi connectivity index (χ1v) is 12.1. The van der Waals surface area contributed by atoms with E-state index in [1.807, 2.05) is 38.1 Å². The van der Waals surface area contributed by atoms with E-state index in [1.165, 1.54) is 6.07 Å². The summed E-state index contributed by atoms with van der Waals surface area (Å²) in [5.41, 5.74) is 1.28. The molecule has 0 atom stereocenters. The molecule has 1 amide bonds. The van der Waals surface area contributed by atoms with Crippen molar-refractivity contribution in [1.29, 1.82) is 0 Å². The van der Waals surface area contributed by atoms with E-state index >= 15 is 0 Å². The summed E-state index contributed by atoms with van der Waals surface area (Å²) in [7, 11) is 0. The fraction of sp³-hybridized carbons (Fsp3) is 0.185. The van der Waals surface area contributed by atoms with Crippen molar-refractivity contribution < 1.29 is 18.0 Å². The summed E-state index contributed by atoms with van der Waals surface area (Å²) in [6.45, 7) is 4.48. The van der Waals surface area contributed by atoms with E-state index in [-0.39, 0.29) is 28.8 Å². The molecule has 3 aromatic heterocycles. The second kappa shape index (κ2) is 9.94. The second-order valence-corrected chi connectivity index (χ2v) is 9.52. The molecule has 0 radical (unpaired) electrons. The van der Waals surface area contributed by atoms with Crippen molar-refractivity contribution in [3.8, 4) is 11.3 Å². The van der Waals surface area contributed by atoms with E-state index in [1.54, 1.807) is 41.2 Å². The minimum Gasteiger partial charge on any atom is -0.304 e. The van der Waals surface area contributed by atoms with E-state index < -0.39 is 17.8 Å². The normalized spacial score (nSPS) is 11.9. The van der Waals surface area contributed by atoms with Gasteiger partial charge in [0.25, 0.3) is 5.91 Å². The van der Waals surface area contributed by atoms with Gasteiger partial charge in [0.1, 0.15) is 0 Å². The molecule has 0 bridgehead atoms. The van der Waals surface area contributed by atoms with Gasteiger partial charge in [0.15, 0.2) is 22.9 Å². The van der Waals surface area contributed by atoms with E-state index in [9.17, 15) is 18.0 Å². The number of alkyl halides is 3. The summed E-state index contributed by atoms with van der Waals surface area (Å²) in [6, 6.07) is 18.2. The SMILES string of the molecule is CC(C)c1ccc(-c2cc(C(F)(F)F)n3nc(C(=O)Nc4ccn(Cc5cccc(Cl)c5)n4)cc3n2)cc1. The maximum Gasteiger partial charge on any atom is 0.433 e. The monoisotopic (exact) mass is 538 g/mol. The maximum atomic E-state index is 13.9. The molecule has 0 aliphatic heterocycles. The Labute approximate surface area is 220 Å². The first-order chi connectivity index (χ1) is 18.1. The van der Waals surface area contributed by atoms with Crippen LogP contribution in [0.25, 0.3) is 16.9 Å². The Kier molecular flexibility index (Phi) is 6.66.